The SMILES string of the molecule is COC(=O)c1ccc(C)c(-n2c(C)cc(/C=N\NC(=O)COc3ccc(C4SCCS4)cc3)c2C)c1. The molecule has 2 aromatic carbocycles. The summed E-state index contributed by atoms with van der Waals surface area (Å²) in [6.07, 6.45) is 1.61. The number of ether oxygens (including phenoxy) is 2. The summed E-state index contributed by atoms with van der Waals surface area (Å²) in [5, 5.41) is 4.11. The van der Waals surface area contributed by atoms with Crippen molar-refractivity contribution < 1.29 is 19.1 Å². The van der Waals surface area contributed by atoms with Crippen molar-refractivity contribution in [2.45, 2.75) is 25.4 Å². The lowest BCUT2D eigenvalue weighted by Crippen LogP contribution is -2.24. The van der Waals surface area contributed by atoms with Gasteiger partial charge in [0.15, 0.2) is 6.61 Å². The molecule has 1 saturated heterocycles. The van der Waals surface area contributed by atoms with E-state index in [0.717, 1.165) is 28.2 Å². The monoisotopic (exact) mass is 523 g/mol. The fourth-order valence-electron chi connectivity index (χ4n) is 4.01. The molecule has 1 aromatic heterocycles. The lowest BCUT2D eigenvalue weighted by atomic mass is 10.1. The van der Waals surface area contributed by atoms with Crippen LogP contribution in [0.2, 0.25) is 0 Å². The van der Waals surface area contributed by atoms with Gasteiger partial charge in [-0.05, 0) is 62.2 Å². The molecule has 7 nitrogen and oxygen atoms in total. The van der Waals surface area contributed by atoms with Gasteiger partial charge in [0.1, 0.15) is 5.75 Å². The van der Waals surface area contributed by atoms with Gasteiger partial charge >= 0.3 is 5.97 Å². The Morgan fingerprint density at radius 2 is 1.81 bits per heavy atom. The van der Waals surface area contributed by atoms with Crippen molar-refractivity contribution in [3.8, 4) is 11.4 Å². The van der Waals surface area contributed by atoms with E-state index < -0.39 is 0 Å². The van der Waals surface area contributed by atoms with Crippen molar-refractivity contribution in [1.82, 2.24) is 9.99 Å². The Hall–Kier alpha value is -3.17. The van der Waals surface area contributed by atoms with Gasteiger partial charge in [-0.2, -0.15) is 5.10 Å². The van der Waals surface area contributed by atoms with Crippen molar-refractivity contribution in [2.75, 3.05) is 25.2 Å². The van der Waals surface area contributed by atoms with Gasteiger partial charge in [0.05, 0.1) is 23.5 Å². The first kappa shape index (κ1) is 25.9. The van der Waals surface area contributed by atoms with Gasteiger partial charge in [-0.15, -0.1) is 23.5 Å². The Labute approximate surface area is 219 Å². The summed E-state index contributed by atoms with van der Waals surface area (Å²) in [5.74, 6) is 2.29. The number of thioether (sulfide) groups is 2. The summed E-state index contributed by atoms with van der Waals surface area (Å²) >= 11 is 3.91. The quantitative estimate of drug-likeness (QED) is 0.248. The van der Waals surface area contributed by atoms with Gasteiger partial charge in [-0.3, -0.25) is 4.79 Å². The average molecular weight is 524 g/mol. The van der Waals surface area contributed by atoms with Gasteiger partial charge in [0.2, 0.25) is 0 Å². The molecule has 0 saturated carbocycles. The second-order valence-electron chi connectivity index (χ2n) is 8.38. The van der Waals surface area contributed by atoms with E-state index in [2.05, 4.69) is 27.2 Å². The number of nitrogens with zero attached hydrogens (tertiary/aromatic N) is 2. The minimum absolute atomic E-state index is 0.123. The van der Waals surface area contributed by atoms with Crippen LogP contribution in [0.5, 0.6) is 5.75 Å². The molecular weight excluding hydrogens is 494 g/mol. The molecule has 2 heterocycles. The third-order valence-corrected chi connectivity index (χ3v) is 8.98. The minimum Gasteiger partial charge on any atom is -0.484 e. The Morgan fingerprint density at radius 3 is 2.50 bits per heavy atom. The molecule has 1 N–H and O–H groups in total. The highest BCUT2D eigenvalue weighted by Gasteiger charge is 2.18. The van der Waals surface area contributed by atoms with Crippen LogP contribution in [0.25, 0.3) is 5.69 Å². The van der Waals surface area contributed by atoms with Gasteiger partial charge in [-0.25, -0.2) is 10.2 Å². The Bertz CT molecular complexity index is 1280. The first-order valence-corrected chi connectivity index (χ1v) is 13.6. The smallest absolute Gasteiger partial charge is 0.337 e. The number of nitrogens with one attached hydrogen (secondary N) is 1. The molecule has 188 valence electrons. The van der Waals surface area contributed by atoms with E-state index in [1.54, 1.807) is 12.3 Å². The molecule has 0 bridgehead atoms. The number of hydrogen-bond donors (Lipinski definition) is 1. The largest absolute Gasteiger partial charge is 0.484 e. The van der Waals surface area contributed by atoms with Crippen LogP contribution in [0.1, 0.15) is 43.0 Å². The molecule has 1 aliphatic rings. The highest BCUT2D eigenvalue weighted by atomic mass is 32.2. The molecule has 0 atom stereocenters. The summed E-state index contributed by atoms with van der Waals surface area (Å²) in [4.78, 5) is 24.2. The standard InChI is InChI=1S/C27H29N3O4S2/c1-17-5-6-21(26(32)33-4)14-24(17)30-18(2)13-22(19(30)3)15-28-29-25(31)16-34-23-9-7-20(8-10-23)27-35-11-12-36-27/h5-10,13-15,27H,11-12,16H2,1-4H3,(H,29,31)/b28-15-. The number of methoxy groups -OCH3 is 1. The molecule has 9 heteroatoms. The van der Waals surface area contributed by atoms with E-state index in [1.165, 1.54) is 24.2 Å². The maximum atomic E-state index is 12.2. The second kappa shape index (κ2) is 11.7. The highest BCUT2D eigenvalue weighted by molar-refractivity contribution is 8.19. The molecule has 1 fully saturated rings. The number of esters is 1. The van der Waals surface area contributed by atoms with Crippen LogP contribution >= 0.6 is 23.5 Å². The predicted octanol–water partition coefficient (Wildman–Crippen LogP) is 5.20. The number of carbonyl (C=O) groups is 2. The third-order valence-electron chi connectivity index (χ3n) is 5.88. The van der Waals surface area contributed by atoms with Crippen LogP contribution in [0.3, 0.4) is 0 Å². The zero-order valence-electron chi connectivity index (χ0n) is 20.7. The lowest BCUT2D eigenvalue weighted by molar-refractivity contribution is -0.123. The predicted molar refractivity (Wildman–Crippen MR) is 147 cm³/mol. The van der Waals surface area contributed by atoms with E-state index >= 15 is 0 Å². The molecule has 36 heavy (non-hydrogen) atoms. The molecule has 0 unspecified atom stereocenters. The molecular formula is C27H29N3O4S2. The fraction of sp³-hybridized carbons (Fsp3) is 0.296. The number of hydrogen-bond acceptors (Lipinski definition) is 7. The van der Waals surface area contributed by atoms with Crippen LogP contribution in [-0.4, -0.2) is 47.9 Å². The van der Waals surface area contributed by atoms with Gasteiger partial charge in [0.25, 0.3) is 5.91 Å². The Kier molecular flexibility index (Phi) is 8.43. The summed E-state index contributed by atoms with van der Waals surface area (Å²) < 4.78 is 13.0. The number of aryl methyl sites for hydroxylation is 2. The van der Waals surface area contributed by atoms with E-state index in [4.69, 9.17) is 9.47 Å². The number of hydrazone groups is 1. The van der Waals surface area contributed by atoms with Gasteiger partial charge < -0.3 is 14.0 Å². The summed E-state index contributed by atoms with van der Waals surface area (Å²) in [5.41, 5.74) is 8.96. The maximum Gasteiger partial charge on any atom is 0.337 e. The van der Waals surface area contributed by atoms with Crippen LogP contribution in [0.4, 0.5) is 0 Å². The zero-order chi connectivity index (χ0) is 25.7. The van der Waals surface area contributed by atoms with E-state index in [0.29, 0.717) is 15.9 Å². The number of aromatic nitrogens is 1. The van der Waals surface area contributed by atoms with Crippen molar-refractivity contribution in [3.63, 3.8) is 0 Å². The number of benzene rings is 2. The van der Waals surface area contributed by atoms with E-state index in [9.17, 15) is 9.59 Å². The van der Waals surface area contributed by atoms with Crippen LogP contribution in [0, 0.1) is 20.8 Å². The van der Waals surface area contributed by atoms with Gasteiger partial charge in [0, 0.05) is 34.1 Å². The fourth-order valence-corrected chi connectivity index (χ4v) is 6.87. The van der Waals surface area contributed by atoms with Crippen molar-refractivity contribution >= 4 is 41.6 Å². The summed E-state index contributed by atoms with van der Waals surface area (Å²) in [6.45, 7) is 5.82. The zero-order valence-corrected chi connectivity index (χ0v) is 22.4. The van der Waals surface area contributed by atoms with Crippen molar-refractivity contribution in [3.05, 3.63) is 82.2 Å². The number of rotatable bonds is 8. The third kappa shape index (κ3) is 5.96. The molecule has 1 aliphatic heterocycles. The van der Waals surface area contributed by atoms with E-state index in [-0.39, 0.29) is 18.5 Å². The molecule has 0 radical (unpaired) electrons. The van der Waals surface area contributed by atoms with E-state index in [1.807, 2.05) is 74.6 Å². The number of amides is 1. The molecule has 0 aliphatic carbocycles. The van der Waals surface area contributed by atoms with Crippen LogP contribution in [-0.2, 0) is 9.53 Å². The minimum atomic E-state index is -0.381. The Balaban J connectivity index is 1.37. The number of carbonyl (C=O) groups excluding carboxylic acids is 2. The summed E-state index contributed by atoms with van der Waals surface area (Å²) in [6, 6.07) is 15.4. The second-order valence-corrected chi connectivity index (χ2v) is 11.1. The molecule has 1 amide bonds. The maximum absolute atomic E-state index is 12.2. The van der Waals surface area contributed by atoms with Crippen molar-refractivity contribution in [1.29, 1.82) is 0 Å². The Morgan fingerprint density at radius 1 is 1.08 bits per heavy atom. The average Bonchev–Trinajstić information content (AvgIpc) is 3.51. The van der Waals surface area contributed by atoms with Gasteiger partial charge in [-0.1, -0.05) is 18.2 Å². The lowest BCUT2D eigenvalue weighted by Gasteiger charge is -2.14. The van der Waals surface area contributed by atoms with Crippen molar-refractivity contribution in [2.24, 2.45) is 5.10 Å². The topological polar surface area (TPSA) is 81.9 Å². The first-order chi connectivity index (χ1) is 17.4. The van der Waals surface area contributed by atoms with Crippen LogP contribution < -0.4 is 10.2 Å². The normalized spacial score (nSPS) is 13.8. The molecule has 3 aromatic rings. The molecule has 0 spiro atoms. The first-order valence-electron chi connectivity index (χ1n) is 11.5. The highest BCUT2D eigenvalue weighted by Crippen LogP contribution is 2.45. The van der Waals surface area contributed by atoms with Crippen LogP contribution in [0.15, 0.2) is 53.6 Å². The molecule has 4 rings (SSSR count). The summed E-state index contributed by atoms with van der Waals surface area (Å²) in [7, 11) is 1.37.